The standard InChI is InChI=1S/C18H24N2O/c1-12(2)16-7-5-6-8-17(16)21-18-13(3)9-15(11-20-18)10-14(4)19/h5-9,11-12,14H,10,19H2,1-4H3. The van der Waals surface area contributed by atoms with Crippen LogP contribution in [0.15, 0.2) is 36.5 Å². The number of ether oxygens (including phenoxy) is 1. The number of benzene rings is 1. The predicted octanol–water partition coefficient (Wildman–Crippen LogP) is 4.20. The van der Waals surface area contributed by atoms with Crippen molar-refractivity contribution in [1.29, 1.82) is 0 Å². The SMILES string of the molecule is Cc1cc(CC(C)N)cnc1Oc1ccccc1C(C)C. The van der Waals surface area contributed by atoms with Crippen molar-refractivity contribution < 1.29 is 4.74 Å². The smallest absolute Gasteiger partial charge is 0.222 e. The summed E-state index contributed by atoms with van der Waals surface area (Å²) in [6, 6.07) is 10.4. The molecule has 0 aliphatic rings. The van der Waals surface area contributed by atoms with E-state index < -0.39 is 0 Å². The van der Waals surface area contributed by atoms with Gasteiger partial charge in [0.05, 0.1) is 0 Å². The van der Waals surface area contributed by atoms with E-state index in [0.29, 0.717) is 11.8 Å². The molecule has 0 saturated carbocycles. The van der Waals surface area contributed by atoms with Crippen molar-refractivity contribution in [1.82, 2.24) is 4.98 Å². The van der Waals surface area contributed by atoms with Gasteiger partial charge in [0.2, 0.25) is 5.88 Å². The van der Waals surface area contributed by atoms with Crippen molar-refractivity contribution in [2.45, 2.75) is 46.1 Å². The van der Waals surface area contributed by atoms with Crippen LogP contribution in [-0.4, -0.2) is 11.0 Å². The molecule has 3 nitrogen and oxygen atoms in total. The Bertz CT molecular complexity index is 606. The first-order valence-electron chi connectivity index (χ1n) is 7.45. The normalized spacial score (nSPS) is 12.5. The molecule has 21 heavy (non-hydrogen) atoms. The highest BCUT2D eigenvalue weighted by molar-refractivity contribution is 5.40. The van der Waals surface area contributed by atoms with E-state index in [-0.39, 0.29) is 6.04 Å². The summed E-state index contributed by atoms with van der Waals surface area (Å²) in [6.07, 6.45) is 2.68. The van der Waals surface area contributed by atoms with Crippen LogP contribution in [0.5, 0.6) is 11.6 Å². The molecule has 1 atom stereocenters. The maximum absolute atomic E-state index is 6.02. The lowest BCUT2D eigenvalue weighted by Crippen LogP contribution is -2.17. The molecule has 0 bridgehead atoms. The molecule has 0 saturated heterocycles. The lowest BCUT2D eigenvalue weighted by molar-refractivity contribution is 0.450. The second-order valence-electron chi connectivity index (χ2n) is 5.94. The first kappa shape index (κ1) is 15.5. The molecule has 0 spiro atoms. The fourth-order valence-corrected chi connectivity index (χ4v) is 2.37. The Morgan fingerprint density at radius 1 is 1.19 bits per heavy atom. The van der Waals surface area contributed by atoms with Crippen LogP contribution in [0.4, 0.5) is 0 Å². The Balaban J connectivity index is 2.24. The number of hydrogen-bond donors (Lipinski definition) is 1. The maximum atomic E-state index is 6.02. The van der Waals surface area contributed by atoms with Gasteiger partial charge in [0, 0.05) is 17.8 Å². The molecule has 1 aromatic heterocycles. The second-order valence-corrected chi connectivity index (χ2v) is 5.94. The molecule has 1 unspecified atom stereocenters. The number of nitrogens with zero attached hydrogens (tertiary/aromatic N) is 1. The van der Waals surface area contributed by atoms with Gasteiger partial charge in [-0.15, -0.1) is 0 Å². The lowest BCUT2D eigenvalue weighted by atomic mass is 10.0. The van der Waals surface area contributed by atoms with Gasteiger partial charge in [0.15, 0.2) is 0 Å². The highest BCUT2D eigenvalue weighted by Gasteiger charge is 2.11. The summed E-state index contributed by atoms with van der Waals surface area (Å²) in [5.74, 6) is 1.96. The predicted molar refractivity (Wildman–Crippen MR) is 86.9 cm³/mol. The van der Waals surface area contributed by atoms with Crippen LogP contribution in [0.2, 0.25) is 0 Å². The molecule has 1 aromatic carbocycles. The van der Waals surface area contributed by atoms with Gasteiger partial charge < -0.3 is 10.5 Å². The first-order chi connectivity index (χ1) is 9.97. The molecule has 0 radical (unpaired) electrons. The van der Waals surface area contributed by atoms with Crippen LogP contribution in [0, 0.1) is 6.92 Å². The fraction of sp³-hybridized carbons (Fsp3) is 0.389. The van der Waals surface area contributed by atoms with Crippen LogP contribution < -0.4 is 10.5 Å². The molecule has 0 aliphatic carbocycles. The average molecular weight is 284 g/mol. The summed E-state index contributed by atoms with van der Waals surface area (Å²) >= 11 is 0. The van der Waals surface area contributed by atoms with Gasteiger partial charge >= 0.3 is 0 Å². The Hall–Kier alpha value is -1.87. The Labute approximate surface area is 127 Å². The van der Waals surface area contributed by atoms with Gasteiger partial charge in [0.1, 0.15) is 5.75 Å². The second kappa shape index (κ2) is 6.72. The molecule has 0 aliphatic heterocycles. The number of pyridine rings is 1. The monoisotopic (exact) mass is 284 g/mol. The number of nitrogens with two attached hydrogens (primary N) is 1. The fourth-order valence-electron chi connectivity index (χ4n) is 2.37. The molecule has 2 N–H and O–H groups in total. The average Bonchev–Trinajstić information content (AvgIpc) is 2.41. The lowest BCUT2D eigenvalue weighted by Gasteiger charge is -2.15. The maximum Gasteiger partial charge on any atom is 0.222 e. The van der Waals surface area contributed by atoms with Crippen molar-refractivity contribution >= 4 is 0 Å². The van der Waals surface area contributed by atoms with Crippen LogP contribution in [0.25, 0.3) is 0 Å². The molecule has 1 heterocycles. The minimum atomic E-state index is 0.139. The minimum absolute atomic E-state index is 0.139. The zero-order chi connectivity index (χ0) is 15.4. The van der Waals surface area contributed by atoms with Crippen LogP contribution in [-0.2, 0) is 6.42 Å². The molecular formula is C18H24N2O. The Morgan fingerprint density at radius 2 is 1.90 bits per heavy atom. The van der Waals surface area contributed by atoms with E-state index in [4.69, 9.17) is 10.5 Å². The third kappa shape index (κ3) is 4.05. The number of rotatable bonds is 5. The molecule has 0 amide bonds. The van der Waals surface area contributed by atoms with Crippen molar-refractivity contribution in [2.75, 3.05) is 0 Å². The zero-order valence-electron chi connectivity index (χ0n) is 13.3. The van der Waals surface area contributed by atoms with E-state index in [0.717, 1.165) is 23.3 Å². The Morgan fingerprint density at radius 3 is 2.52 bits per heavy atom. The number of aryl methyl sites for hydroxylation is 1. The van der Waals surface area contributed by atoms with E-state index in [9.17, 15) is 0 Å². The quantitative estimate of drug-likeness (QED) is 0.895. The highest BCUT2D eigenvalue weighted by atomic mass is 16.5. The van der Waals surface area contributed by atoms with Gasteiger partial charge in [0.25, 0.3) is 0 Å². The van der Waals surface area contributed by atoms with Gasteiger partial charge in [-0.2, -0.15) is 0 Å². The van der Waals surface area contributed by atoms with Gasteiger partial charge in [-0.3, -0.25) is 0 Å². The van der Waals surface area contributed by atoms with Crippen molar-refractivity contribution in [3.05, 3.63) is 53.2 Å². The van der Waals surface area contributed by atoms with Crippen LogP contribution >= 0.6 is 0 Å². The summed E-state index contributed by atoms with van der Waals surface area (Å²) in [5.41, 5.74) is 9.20. The van der Waals surface area contributed by atoms with E-state index in [1.807, 2.05) is 38.2 Å². The van der Waals surface area contributed by atoms with Gasteiger partial charge in [-0.1, -0.05) is 32.0 Å². The third-order valence-electron chi connectivity index (χ3n) is 3.39. The van der Waals surface area contributed by atoms with E-state index in [2.05, 4.69) is 31.0 Å². The van der Waals surface area contributed by atoms with Gasteiger partial charge in [-0.05, 0) is 49.4 Å². The summed E-state index contributed by atoms with van der Waals surface area (Å²) in [5, 5.41) is 0. The molecule has 3 heteroatoms. The van der Waals surface area contributed by atoms with E-state index >= 15 is 0 Å². The minimum Gasteiger partial charge on any atom is -0.438 e. The summed E-state index contributed by atoms with van der Waals surface area (Å²) in [7, 11) is 0. The number of hydrogen-bond acceptors (Lipinski definition) is 3. The Kier molecular flexibility index (Phi) is 4.97. The van der Waals surface area contributed by atoms with Crippen molar-refractivity contribution in [3.8, 4) is 11.6 Å². The largest absolute Gasteiger partial charge is 0.438 e. The van der Waals surface area contributed by atoms with Crippen molar-refractivity contribution in [3.63, 3.8) is 0 Å². The summed E-state index contributed by atoms with van der Waals surface area (Å²) in [4.78, 5) is 4.45. The van der Waals surface area contributed by atoms with Crippen LogP contribution in [0.3, 0.4) is 0 Å². The highest BCUT2D eigenvalue weighted by Crippen LogP contribution is 2.30. The van der Waals surface area contributed by atoms with E-state index in [1.54, 1.807) is 0 Å². The zero-order valence-corrected chi connectivity index (χ0v) is 13.3. The van der Waals surface area contributed by atoms with Crippen molar-refractivity contribution in [2.24, 2.45) is 5.73 Å². The number of para-hydroxylation sites is 1. The molecule has 2 aromatic rings. The van der Waals surface area contributed by atoms with Crippen LogP contribution in [0.1, 0.15) is 43.4 Å². The number of aromatic nitrogens is 1. The molecular weight excluding hydrogens is 260 g/mol. The molecule has 112 valence electrons. The van der Waals surface area contributed by atoms with Gasteiger partial charge in [-0.25, -0.2) is 4.98 Å². The third-order valence-corrected chi connectivity index (χ3v) is 3.39. The molecule has 2 rings (SSSR count). The summed E-state index contributed by atoms with van der Waals surface area (Å²) < 4.78 is 6.02. The van der Waals surface area contributed by atoms with E-state index in [1.165, 1.54) is 5.56 Å². The first-order valence-corrected chi connectivity index (χ1v) is 7.45. The topological polar surface area (TPSA) is 48.1 Å². The molecule has 0 fully saturated rings. The summed E-state index contributed by atoms with van der Waals surface area (Å²) in [6.45, 7) is 8.34.